The number of carbonyl (C=O) groups is 1. The number of ketones is 1. The number of hydrogen-bond acceptors (Lipinski definition) is 4. The summed E-state index contributed by atoms with van der Waals surface area (Å²) < 4.78 is 0. The van der Waals surface area contributed by atoms with Crippen molar-refractivity contribution in [2.24, 2.45) is 5.92 Å². The van der Waals surface area contributed by atoms with Crippen LogP contribution in [0.5, 0.6) is 0 Å². The number of nitrogens with zero attached hydrogens (tertiary/aromatic N) is 1. The number of carbonyl (C=O) groups excluding carboxylic acids is 1. The minimum Gasteiger partial charge on any atom is -0.392 e. The molecule has 0 spiro atoms. The molecule has 26 heavy (non-hydrogen) atoms. The zero-order valence-electron chi connectivity index (χ0n) is 14.7. The molecular formula is C21H22N2O3. The topological polar surface area (TPSA) is 76.6 Å². The smallest absolute Gasteiger partial charge is 0.157 e. The van der Waals surface area contributed by atoms with E-state index in [2.05, 4.69) is 22.0 Å². The molecular weight excluding hydrogens is 328 g/mol. The summed E-state index contributed by atoms with van der Waals surface area (Å²) in [6, 6.07) is 7.88. The Morgan fingerprint density at radius 2 is 2.19 bits per heavy atom. The monoisotopic (exact) mass is 350 g/mol. The molecule has 5 rings (SSSR count). The van der Waals surface area contributed by atoms with Crippen LogP contribution < -0.4 is 0 Å². The van der Waals surface area contributed by atoms with Gasteiger partial charge in [0.25, 0.3) is 0 Å². The molecule has 0 fully saturated rings. The lowest BCUT2D eigenvalue weighted by molar-refractivity contribution is -0.117. The van der Waals surface area contributed by atoms with Gasteiger partial charge < -0.3 is 20.1 Å². The second-order valence-corrected chi connectivity index (χ2v) is 7.59. The van der Waals surface area contributed by atoms with Crippen molar-refractivity contribution < 1.29 is 15.0 Å². The summed E-state index contributed by atoms with van der Waals surface area (Å²) in [5.41, 5.74) is 3.32. The Labute approximate surface area is 151 Å². The van der Waals surface area contributed by atoms with Crippen LogP contribution >= 0.6 is 0 Å². The molecule has 0 saturated carbocycles. The first-order chi connectivity index (χ1) is 12.6. The Morgan fingerprint density at radius 1 is 1.38 bits per heavy atom. The fraction of sp³-hybridized carbons (Fsp3) is 0.381. The van der Waals surface area contributed by atoms with Gasteiger partial charge in [0.2, 0.25) is 0 Å². The highest BCUT2D eigenvalue weighted by Crippen LogP contribution is 2.55. The predicted octanol–water partition coefficient (Wildman–Crippen LogP) is 2.22. The van der Waals surface area contributed by atoms with Crippen molar-refractivity contribution in [3.63, 3.8) is 0 Å². The molecule has 3 N–H and O–H groups in total. The van der Waals surface area contributed by atoms with Gasteiger partial charge in [-0.3, -0.25) is 4.79 Å². The van der Waals surface area contributed by atoms with E-state index in [4.69, 9.17) is 0 Å². The Hall–Kier alpha value is -2.37. The molecule has 2 aromatic rings. The lowest BCUT2D eigenvalue weighted by atomic mass is 9.69. The fourth-order valence-corrected chi connectivity index (χ4v) is 5.22. The van der Waals surface area contributed by atoms with Crippen LogP contribution in [0.4, 0.5) is 0 Å². The quantitative estimate of drug-likeness (QED) is 0.726. The molecule has 1 aromatic heterocycles. The van der Waals surface area contributed by atoms with Crippen LogP contribution in [-0.2, 0) is 11.2 Å². The van der Waals surface area contributed by atoms with E-state index in [1.165, 1.54) is 10.9 Å². The molecule has 2 aliphatic heterocycles. The molecule has 3 atom stereocenters. The zero-order valence-corrected chi connectivity index (χ0v) is 14.7. The van der Waals surface area contributed by atoms with E-state index in [0.29, 0.717) is 17.6 Å². The van der Waals surface area contributed by atoms with Crippen LogP contribution in [-0.4, -0.2) is 44.6 Å². The van der Waals surface area contributed by atoms with Crippen LogP contribution in [0.2, 0.25) is 0 Å². The van der Waals surface area contributed by atoms with Crippen molar-refractivity contribution in [2.45, 2.75) is 31.4 Å². The Balaban J connectivity index is 1.76. The molecule has 0 amide bonds. The van der Waals surface area contributed by atoms with Gasteiger partial charge in [-0.05, 0) is 37.0 Å². The van der Waals surface area contributed by atoms with Crippen LogP contribution in [0.25, 0.3) is 10.9 Å². The Bertz CT molecular complexity index is 986. The number of benzene rings is 1. The lowest BCUT2D eigenvalue weighted by Gasteiger charge is -2.51. The van der Waals surface area contributed by atoms with Gasteiger partial charge in [0.1, 0.15) is 11.6 Å². The number of hydrogen-bond donors (Lipinski definition) is 3. The maximum atomic E-state index is 12.2. The van der Waals surface area contributed by atoms with Gasteiger partial charge in [0.15, 0.2) is 5.78 Å². The van der Waals surface area contributed by atoms with Gasteiger partial charge in [0.05, 0.1) is 6.61 Å². The number of H-pyrrole nitrogens is 1. The third kappa shape index (κ3) is 1.85. The summed E-state index contributed by atoms with van der Waals surface area (Å²) >= 11 is 0. The average Bonchev–Trinajstić information content (AvgIpc) is 3.17. The first-order valence-electron chi connectivity index (χ1n) is 9.16. The molecule has 3 aliphatic rings. The van der Waals surface area contributed by atoms with Crippen molar-refractivity contribution in [2.75, 3.05) is 13.2 Å². The summed E-state index contributed by atoms with van der Waals surface area (Å²) in [6.07, 6.45) is 5.28. The largest absolute Gasteiger partial charge is 0.392 e. The van der Waals surface area contributed by atoms with Crippen molar-refractivity contribution in [3.05, 3.63) is 58.9 Å². The number of aromatic nitrogens is 1. The van der Waals surface area contributed by atoms with Crippen molar-refractivity contribution >= 4 is 16.7 Å². The highest BCUT2D eigenvalue weighted by molar-refractivity contribution is 5.94. The van der Waals surface area contributed by atoms with Gasteiger partial charge in [0, 0.05) is 40.8 Å². The first-order valence-corrected chi connectivity index (χ1v) is 9.16. The number of nitrogens with one attached hydrogen (secondary N) is 1. The molecule has 0 bridgehead atoms. The number of para-hydroxylation sites is 1. The van der Waals surface area contributed by atoms with Crippen molar-refractivity contribution in [1.82, 2.24) is 9.88 Å². The molecule has 3 heterocycles. The number of allylic oxidation sites excluding steroid dienone is 1. The minimum atomic E-state index is -1.26. The molecule has 0 radical (unpaired) electrons. The van der Waals surface area contributed by atoms with Gasteiger partial charge in [-0.2, -0.15) is 0 Å². The standard InChI is InChI=1S/C21H22N2O3/c1-12(25)16-10-23-9-8-15-14-4-2-3-5-18(14)22-19(15)20(23)21(26)13(11-24)6-7-17(16)21/h2-6,10,17,20,22,24,26H,7-9,11H2,1H3/t17-,20-,21-/m1/s1. The predicted molar refractivity (Wildman–Crippen MR) is 98.4 cm³/mol. The molecule has 134 valence electrons. The maximum absolute atomic E-state index is 12.2. The van der Waals surface area contributed by atoms with E-state index in [1.54, 1.807) is 6.92 Å². The lowest BCUT2D eigenvalue weighted by Crippen LogP contribution is -2.55. The summed E-state index contributed by atoms with van der Waals surface area (Å²) in [7, 11) is 0. The summed E-state index contributed by atoms with van der Waals surface area (Å²) in [6.45, 7) is 2.10. The number of rotatable bonds is 2. The van der Waals surface area contributed by atoms with Crippen LogP contribution in [0.15, 0.2) is 47.7 Å². The summed E-state index contributed by atoms with van der Waals surface area (Å²) in [4.78, 5) is 17.8. The number of fused-ring (bicyclic) bond motifs is 7. The number of aliphatic hydroxyl groups excluding tert-OH is 1. The first kappa shape index (κ1) is 15.9. The Morgan fingerprint density at radius 3 is 2.96 bits per heavy atom. The number of aromatic amines is 1. The average molecular weight is 350 g/mol. The molecule has 1 aromatic carbocycles. The van der Waals surface area contributed by atoms with E-state index in [0.717, 1.165) is 24.2 Å². The van der Waals surface area contributed by atoms with Crippen molar-refractivity contribution in [3.8, 4) is 0 Å². The van der Waals surface area contributed by atoms with Gasteiger partial charge >= 0.3 is 0 Å². The summed E-state index contributed by atoms with van der Waals surface area (Å²) in [5, 5.41) is 23.0. The van der Waals surface area contributed by atoms with Crippen LogP contribution in [0.3, 0.4) is 0 Å². The summed E-state index contributed by atoms with van der Waals surface area (Å²) in [5.74, 6) is -0.317. The van der Waals surface area contributed by atoms with Crippen LogP contribution in [0, 0.1) is 5.92 Å². The molecule has 0 unspecified atom stereocenters. The van der Waals surface area contributed by atoms with Crippen LogP contribution in [0.1, 0.15) is 30.6 Å². The van der Waals surface area contributed by atoms with E-state index < -0.39 is 5.60 Å². The second-order valence-electron chi connectivity index (χ2n) is 7.59. The zero-order chi connectivity index (χ0) is 18.1. The number of aliphatic hydroxyl groups is 2. The Kier molecular flexibility index (Phi) is 3.24. The highest BCUT2D eigenvalue weighted by atomic mass is 16.3. The molecule has 0 saturated heterocycles. The van der Waals surface area contributed by atoms with Crippen molar-refractivity contribution in [1.29, 1.82) is 0 Å². The van der Waals surface area contributed by atoms with E-state index in [1.807, 2.05) is 24.4 Å². The molecule has 5 heteroatoms. The highest BCUT2D eigenvalue weighted by Gasteiger charge is 2.57. The molecule has 5 nitrogen and oxygen atoms in total. The fourth-order valence-electron chi connectivity index (χ4n) is 5.22. The maximum Gasteiger partial charge on any atom is 0.157 e. The SMILES string of the molecule is CC(=O)C1=CN2CCc3c([nH]c4ccccc34)[C@@H]2[C@@]2(O)C(CO)=CC[C@H]12. The molecule has 1 aliphatic carbocycles. The van der Waals surface area contributed by atoms with E-state index in [-0.39, 0.29) is 24.3 Å². The van der Waals surface area contributed by atoms with E-state index in [9.17, 15) is 15.0 Å². The van der Waals surface area contributed by atoms with Gasteiger partial charge in [-0.25, -0.2) is 0 Å². The second kappa shape index (κ2) is 5.32. The van der Waals surface area contributed by atoms with Gasteiger partial charge in [-0.15, -0.1) is 0 Å². The number of Topliss-reactive ketones (excluding diaryl/α,β-unsaturated/α-hetero) is 1. The third-order valence-electron chi connectivity index (χ3n) is 6.39. The van der Waals surface area contributed by atoms with E-state index >= 15 is 0 Å². The normalized spacial score (nSPS) is 29.7. The van der Waals surface area contributed by atoms with Gasteiger partial charge in [-0.1, -0.05) is 24.3 Å². The minimum absolute atomic E-state index is 0.0121. The third-order valence-corrected chi connectivity index (χ3v) is 6.39.